The summed E-state index contributed by atoms with van der Waals surface area (Å²) in [5.41, 5.74) is 2.19. The van der Waals surface area contributed by atoms with E-state index in [0.29, 0.717) is 23.8 Å². The molecule has 1 heterocycles. The van der Waals surface area contributed by atoms with Crippen LogP contribution in [0.3, 0.4) is 0 Å². The largest absolute Gasteiger partial charge is 0.495 e. The van der Waals surface area contributed by atoms with Crippen molar-refractivity contribution in [2.75, 3.05) is 12.4 Å². The van der Waals surface area contributed by atoms with Crippen LogP contribution in [0.4, 0.5) is 11.6 Å². The van der Waals surface area contributed by atoms with Crippen molar-refractivity contribution in [3.63, 3.8) is 0 Å². The Kier molecular flexibility index (Phi) is 5.21. The van der Waals surface area contributed by atoms with Crippen molar-refractivity contribution in [3.8, 4) is 5.75 Å². The maximum absolute atomic E-state index is 12.2. The number of carbonyl (C=O) groups excluding carboxylic acids is 1. The van der Waals surface area contributed by atoms with Crippen LogP contribution in [0.5, 0.6) is 5.75 Å². The summed E-state index contributed by atoms with van der Waals surface area (Å²) >= 11 is 0. The fourth-order valence-corrected chi connectivity index (χ4v) is 2.26. The average Bonchev–Trinajstić information content (AvgIpc) is 2.68. The zero-order valence-corrected chi connectivity index (χ0v) is 13.8. The van der Waals surface area contributed by atoms with E-state index in [9.17, 15) is 4.79 Å². The normalized spacial score (nSPS) is 10.1. The molecule has 1 aromatic heterocycles. The first-order chi connectivity index (χ1) is 12.3. The van der Waals surface area contributed by atoms with Crippen LogP contribution < -0.4 is 15.4 Å². The highest BCUT2D eigenvalue weighted by molar-refractivity contribution is 5.93. The van der Waals surface area contributed by atoms with Gasteiger partial charge in [0, 0.05) is 18.9 Å². The van der Waals surface area contributed by atoms with Crippen LogP contribution in [-0.4, -0.2) is 23.0 Å². The van der Waals surface area contributed by atoms with E-state index in [-0.39, 0.29) is 5.91 Å². The number of hydrogen-bond acceptors (Lipinski definition) is 5. The first kappa shape index (κ1) is 16.4. The highest BCUT2D eigenvalue weighted by Crippen LogP contribution is 2.25. The molecule has 0 unspecified atom stereocenters. The second-order valence-electron chi connectivity index (χ2n) is 5.29. The third-order valence-electron chi connectivity index (χ3n) is 3.56. The number of amides is 1. The monoisotopic (exact) mass is 334 g/mol. The molecular formula is C19H18N4O2. The fraction of sp³-hybridized carbons (Fsp3) is 0.105. The molecule has 0 saturated carbocycles. The van der Waals surface area contributed by atoms with Gasteiger partial charge in [0.15, 0.2) is 0 Å². The molecule has 2 N–H and O–H groups in total. The van der Waals surface area contributed by atoms with Gasteiger partial charge in [0.25, 0.3) is 5.91 Å². The topological polar surface area (TPSA) is 76.1 Å². The number of nitrogens with one attached hydrogen (secondary N) is 2. The summed E-state index contributed by atoms with van der Waals surface area (Å²) in [4.78, 5) is 20.5. The van der Waals surface area contributed by atoms with Gasteiger partial charge in [0.05, 0.1) is 18.4 Å². The molecule has 0 aliphatic carbocycles. The quantitative estimate of drug-likeness (QED) is 0.724. The molecular weight excluding hydrogens is 316 g/mol. The first-order valence-electron chi connectivity index (χ1n) is 7.80. The van der Waals surface area contributed by atoms with Gasteiger partial charge in [0.1, 0.15) is 5.75 Å². The molecule has 6 nitrogen and oxygen atoms in total. The molecule has 0 radical (unpaired) electrons. The van der Waals surface area contributed by atoms with Gasteiger partial charge in [-0.3, -0.25) is 4.79 Å². The molecule has 25 heavy (non-hydrogen) atoms. The molecule has 0 saturated heterocycles. The highest BCUT2D eigenvalue weighted by Gasteiger charge is 2.08. The number of anilines is 2. The predicted octanol–water partition coefficient (Wildman–Crippen LogP) is 3.16. The number of methoxy groups -OCH3 is 1. The van der Waals surface area contributed by atoms with Crippen LogP contribution in [-0.2, 0) is 6.54 Å². The van der Waals surface area contributed by atoms with E-state index in [1.165, 1.54) is 12.4 Å². The summed E-state index contributed by atoms with van der Waals surface area (Å²) in [7, 11) is 1.60. The third kappa shape index (κ3) is 4.32. The Hall–Kier alpha value is -3.41. The van der Waals surface area contributed by atoms with E-state index in [1.807, 2.05) is 54.6 Å². The second-order valence-corrected chi connectivity index (χ2v) is 5.29. The van der Waals surface area contributed by atoms with Gasteiger partial charge in [-0.25, -0.2) is 9.97 Å². The summed E-state index contributed by atoms with van der Waals surface area (Å²) < 4.78 is 5.27. The molecule has 0 atom stereocenters. The van der Waals surface area contributed by atoms with Gasteiger partial charge in [-0.05, 0) is 17.7 Å². The lowest BCUT2D eigenvalue weighted by atomic mass is 10.2. The van der Waals surface area contributed by atoms with E-state index in [1.54, 1.807) is 7.11 Å². The van der Waals surface area contributed by atoms with Crippen molar-refractivity contribution in [2.45, 2.75) is 6.54 Å². The molecule has 6 heteroatoms. The molecule has 126 valence electrons. The first-order valence-corrected chi connectivity index (χ1v) is 7.80. The Morgan fingerprint density at radius 3 is 2.40 bits per heavy atom. The molecule has 3 aromatic rings. The molecule has 2 aromatic carbocycles. The summed E-state index contributed by atoms with van der Waals surface area (Å²) in [6.07, 6.45) is 2.98. The van der Waals surface area contributed by atoms with E-state index in [0.717, 1.165) is 11.3 Å². The standard InChI is InChI=1S/C19H18N4O2/c1-25-17-10-6-5-9-16(17)23-19-21-12-15(13-22-19)18(24)20-11-14-7-3-2-4-8-14/h2-10,12-13H,11H2,1H3,(H,20,24)(H,21,22,23). The number of carbonyl (C=O) groups is 1. The zero-order chi connectivity index (χ0) is 17.5. The van der Waals surface area contributed by atoms with E-state index < -0.39 is 0 Å². The van der Waals surface area contributed by atoms with Crippen LogP contribution in [0.1, 0.15) is 15.9 Å². The van der Waals surface area contributed by atoms with Crippen molar-refractivity contribution in [2.24, 2.45) is 0 Å². The summed E-state index contributed by atoms with van der Waals surface area (Å²) in [6, 6.07) is 17.2. The Morgan fingerprint density at radius 1 is 1.00 bits per heavy atom. The van der Waals surface area contributed by atoms with E-state index in [4.69, 9.17) is 4.74 Å². The van der Waals surface area contributed by atoms with Crippen molar-refractivity contribution >= 4 is 17.5 Å². The predicted molar refractivity (Wildman–Crippen MR) is 95.9 cm³/mol. The lowest BCUT2D eigenvalue weighted by Crippen LogP contribution is -2.23. The minimum Gasteiger partial charge on any atom is -0.495 e. The smallest absolute Gasteiger partial charge is 0.254 e. The maximum Gasteiger partial charge on any atom is 0.254 e. The van der Waals surface area contributed by atoms with Gasteiger partial charge >= 0.3 is 0 Å². The van der Waals surface area contributed by atoms with Gasteiger partial charge in [-0.15, -0.1) is 0 Å². The number of para-hydroxylation sites is 2. The van der Waals surface area contributed by atoms with Crippen molar-refractivity contribution in [3.05, 3.63) is 78.1 Å². The highest BCUT2D eigenvalue weighted by atomic mass is 16.5. The lowest BCUT2D eigenvalue weighted by Gasteiger charge is -2.10. The number of hydrogen-bond donors (Lipinski definition) is 2. The Balaban J connectivity index is 1.62. The zero-order valence-electron chi connectivity index (χ0n) is 13.8. The van der Waals surface area contributed by atoms with Gasteiger partial charge in [0.2, 0.25) is 5.95 Å². The van der Waals surface area contributed by atoms with Crippen LogP contribution in [0.15, 0.2) is 67.0 Å². The third-order valence-corrected chi connectivity index (χ3v) is 3.56. The maximum atomic E-state index is 12.2. The van der Waals surface area contributed by atoms with Crippen molar-refractivity contribution in [1.82, 2.24) is 15.3 Å². The summed E-state index contributed by atoms with van der Waals surface area (Å²) in [5, 5.41) is 5.91. The van der Waals surface area contributed by atoms with E-state index in [2.05, 4.69) is 20.6 Å². The minimum absolute atomic E-state index is 0.215. The molecule has 3 rings (SSSR count). The number of rotatable bonds is 6. The van der Waals surface area contributed by atoms with Crippen LogP contribution in [0.2, 0.25) is 0 Å². The van der Waals surface area contributed by atoms with Gasteiger partial charge in [-0.1, -0.05) is 42.5 Å². The molecule has 0 bridgehead atoms. The molecule has 0 aliphatic heterocycles. The number of benzene rings is 2. The Morgan fingerprint density at radius 2 is 1.68 bits per heavy atom. The second kappa shape index (κ2) is 7.92. The molecule has 0 fully saturated rings. The number of ether oxygens (including phenoxy) is 1. The van der Waals surface area contributed by atoms with Gasteiger partial charge in [-0.2, -0.15) is 0 Å². The van der Waals surface area contributed by atoms with E-state index >= 15 is 0 Å². The number of nitrogens with zero attached hydrogens (tertiary/aromatic N) is 2. The average molecular weight is 334 g/mol. The van der Waals surface area contributed by atoms with Crippen LogP contribution in [0, 0.1) is 0 Å². The molecule has 1 amide bonds. The molecule has 0 aliphatic rings. The van der Waals surface area contributed by atoms with Crippen LogP contribution >= 0.6 is 0 Å². The van der Waals surface area contributed by atoms with Gasteiger partial charge < -0.3 is 15.4 Å². The summed E-state index contributed by atoms with van der Waals surface area (Å²) in [5.74, 6) is 0.868. The number of aromatic nitrogens is 2. The summed E-state index contributed by atoms with van der Waals surface area (Å²) in [6.45, 7) is 0.459. The Bertz CT molecular complexity index is 836. The lowest BCUT2D eigenvalue weighted by molar-refractivity contribution is 0.0950. The van der Waals surface area contributed by atoms with Crippen molar-refractivity contribution < 1.29 is 9.53 Å². The fourth-order valence-electron chi connectivity index (χ4n) is 2.26. The van der Waals surface area contributed by atoms with Crippen molar-refractivity contribution in [1.29, 1.82) is 0 Å². The SMILES string of the molecule is COc1ccccc1Nc1ncc(C(=O)NCc2ccccc2)cn1. The Labute approximate surface area is 145 Å². The minimum atomic E-state index is -0.215. The molecule has 0 spiro atoms. The van der Waals surface area contributed by atoms with Crippen LogP contribution in [0.25, 0.3) is 0 Å².